The van der Waals surface area contributed by atoms with E-state index in [0.29, 0.717) is 15.7 Å². The van der Waals surface area contributed by atoms with Crippen molar-refractivity contribution < 1.29 is 4.92 Å². The van der Waals surface area contributed by atoms with Crippen LogP contribution >= 0.6 is 23.5 Å². The normalized spacial score (nSPS) is 13.1. The van der Waals surface area contributed by atoms with Crippen molar-refractivity contribution in [2.75, 3.05) is 11.5 Å². The summed E-state index contributed by atoms with van der Waals surface area (Å²) in [6, 6.07) is 6.03. The average molecular weight is 349 g/mol. The molecule has 0 radical (unpaired) electrons. The van der Waals surface area contributed by atoms with Crippen LogP contribution in [0.2, 0.25) is 0 Å². The van der Waals surface area contributed by atoms with Crippen LogP contribution < -0.4 is 5.56 Å². The molecule has 0 fully saturated rings. The summed E-state index contributed by atoms with van der Waals surface area (Å²) in [5.41, 5.74) is 1.41. The van der Waals surface area contributed by atoms with Crippen LogP contribution in [0.25, 0.3) is 5.69 Å². The molecule has 1 aliphatic rings. The van der Waals surface area contributed by atoms with Crippen LogP contribution in [0.4, 0.5) is 5.69 Å². The summed E-state index contributed by atoms with van der Waals surface area (Å²) in [7, 11) is 0. The first kappa shape index (κ1) is 16.1. The van der Waals surface area contributed by atoms with Gasteiger partial charge in [-0.1, -0.05) is 18.7 Å². The van der Waals surface area contributed by atoms with Crippen molar-refractivity contribution in [3.05, 3.63) is 50.4 Å². The second-order valence-electron chi connectivity index (χ2n) is 5.03. The number of aromatic nitrogens is 2. The summed E-state index contributed by atoms with van der Waals surface area (Å²) in [5.74, 6) is 1.74. The molecule has 0 amide bonds. The topological polar surface area (TPSA) is 78.0 Å². The third kappa shape index (κ3) is 3.13. The van der Waals surface area contributed by atoms with E-state index in [1.165, 1.54) is 23.9 Å². The number of fused-ring (bicyclic) bond motifs is 1. The fourth-order valence-corrected chi connectivity index (χ4v) is 4.24. The third-order valence-corrected chi connectivity index (χ3v) is 5.67. The lowest BCUT2D eigenvalue weighted by Crippen LogP contribution is -2.23. The Balaban J connectivity index is 2.12. The van der Waals surface area contributed by atoms with E-state index in [9.17, 15) is 14.9 Å². The van der Waals surface area contributed by atoms with Crippen molar-refractivity contribution in [3.8, 4) is 5.69 Å². The van der Waals surface area contributed by atoms with E-state index in [2.05, 4.69) is 11.9 Å². The molecule has 3 rings (SSSR count). The smallest absolute Gasteiger partial charge is 0.268 e. The van der Waals surface area contributed by atoms with E-state index in [1.807, 2.05) is 0 Å². The minimum absolute atomic E-state index is 0.00746. The predicted molar refractivity (Wildman–Crippen MR) is 91.9 cm³/mol. The average Bonchev–Trinajstić information content (AvgIpc) is 3.02. The molecule has 0 aliphatic carbocycles. The summed E-state index contributed by atoms with van der Waals surface area (Å²) in [4.78, 5) is 28.5. The second-order valence-corrected chi connectivity index (χ2v) is 7.20. The molecule has 1 aromatic carbocycles. The lowest BCUT2D eigenvalue weighted by Gasteiger charge is -2.13. The van der Waals surface area contributed by atoms with Gasteiger partial charge in [-0.25, -0.2) is 4.98 Å². The Kier molecular flexibility index (Phi) is 4.72. The molecule has 1 aromatic heterocycles. The number of nitrogens with zero attached hydrogens (tertiary/aromatic N) is 3. The first-order valence-electron chi connectivity index (χ1n) is 7.28. The van der Waals surface area contributed by atoms with Gasteiger partial charge in [0, 0.05) is 30.1 Å². The Morgan fingerprint density at radius 3 is 2.78 bits per heavy atom. The number of aryl methyl sites for hydroxylation is 1. The molecule has 0 saturated carbocycles. The number of nitro groups is 1. The van der Waals surface area contributed by atoms with E-state index in [4.69, 9.17) is 0 Å². The molecule has 8 heteroatoms. The lowest BCUT2D eigenvalue weighted by molar-refractivity contribution is -0.384. The maximum absolute atomic E-state index is 12.8. The molecule has 120 valence electrons. The maximum atomic E-state index is 12.8. The van der Waals surface area contributed by atoms with Gasteiger partial charge in [-0.05, 0) is 18.6 Å². The number of benzene rings is 1. The largest absolute Gasteiger partial charge is 0.272 e. The molecule has 0 unspecified atom stereocenters. The molecule has 1 aliphatic heterocycles. The van der Waals surface area contributed by atoms with Crippen molar-refractivity contribution in [3.63, 3.8) is 0 Å². The van der Waals surface area contributed by atoms with Gasteiger partial charge < -0.3 is 0 Å². The van der Waals surface area contributed by atoms with Gasteiger partial charge in [0.2, 0.25) is 0 Å². The second kappa shape index (κ2) is 6.76. The fourth-order valence-electron chi connectivity index (χ4n) is 2.33. The minimum atomic E-state index is -0.448. The van der Waals surface area contributed by atoms with Gasteiger partial charge in [-0.2, -0.15) is 0 Å². The summed E-state index contributed by atoms with van der Waals surface area (Å²) in [5, 5.41) is 11.5. The quantitative estimate of drug-likeness (QED) is 0.357. The number of thioether (sulfide) groups is 2. The van der Waals surface area contributed by atoms with Crippen LogP contribution in [0.3, 0.4) is 0 Å². The molecule has 0 atom stereocenters. The molecule has 0 N–H and O–H groups in total. The number of rotatable bonds is 5. The molecule has 23 heavy (non-hydrogen) atoms. The number of hydrogen-bond acceptors (Lipinski definition) is 6. The van der Waals surface area contributed by atoms with E-state index < -0.39 is 4.92 Å². The van der Waals surface area contributed by atoms with E-state index in [1.54, 1.807) is 28.5 Å². The molecule has 6 nitrogen and oxygen atoms in total. The summed E-state index contributed by atoms with van der Waals surface area (Å²) < 4.78 is 1.57. The van der Waals surface area contributed by atoms with Crippen molar-refractivity contribution in [2.45, 2.75) is 29.8 Å². The van der Waals surface area contributed by atoms with Crippen LogP contribution in [0.15, 0.2) is 39.1 Å². The molecule has 0 spiro atoms. The first-order valence-corrected chi connectivity index (χ1v) is 9.25. The van der Waals surface area contributed by atoms with Crippen LogP contribution in [0.5, 0.6) is 0 Å². The van der Waals surface area contributed by atoms with Crippen molar-refractivity contribution in [1.29, 1.82) is 0 Å². The monoisotopic (exact) mass is 349 g/mol. The standard InChI is InChI=1S/C15H15N3O3S2/c1-2-8-23-15-16-12-7-9-22-13(12)14(19)17(15)10-3-5-11(6-4-10)18(20)21/h3-6H,2,7-9H2,1H3. The Bertz CT molecular complexity index is 803. The Morgan fingerprint density at radius 2 is 2.13 bits per heavy atom. The zero-order valence-electron chi connectivity index (χ0n) is 12.5. The number of hydrogen-bond donors (Lipinski definition) is 0. The number of non-ortho nitro benzene ring substituents is 1. The predicted octanol–water partition coefficient (Wildman–Crippen LogP) is 3.29. The number of nitro benzene ring substituents is 1. The molecule has 0 saturated heterocycles. The van der Waals surface area contributed by atoms with Gasteiger partial charge in [0.05, 0.1) is 21.2 Å². The lowest BCUT2D eigenvalue weighted by atomic mass is 10.2. The van der Waals surface area contributed by atoms with Gasteiger partial charge in [0.15, 0.2) is 5.16 Å². The summed E-state index contributed by atoms with van der Waals surface area (Å²) >= 11 is 3.07. The summed E-state index contributed by atoms with van der Waals surface area (Å²) in [6.07, 6.45) is 1.79. The SMILES string of the molecule is CCCSc1nc2c(c(=O)n1-c1ccc([N+](=O)[O-])cc1)SCC2. The molecule has 0 bridgehead atoms. The highest BCUT2D eigenvalue weighted by Gasteiger charge is 2.22. The Morgan fingerprint density at radius 1 is 1.39 bits per heavy atom. The Labute approximate surface area is 141 Å². The summed E-state index contributed by atoms with van der Waals surface area (Å²) in [6.45, 7) is 2.07. The minimum Gasteiger partial charge on any atom is -0.268 e. The highest BCUT2D eigenvalue weighted by atomic mass is 32.2. The van der Waals surface area contributed by atoms with Gasteiger partial charge in [-0.15, -0.1) is 11.8 Å². The maximum Gasteiger partial charge on any atom is 0.272 e. The van der Waals surface area contributed by atoms with Gasteiger partial charge >= 0.3 is 0 Å². The highest BCUT2D eigenvalue weighted by molar-refractivity contribution is 7.99. The van der Waals surface area contributed by atoms with Crippen LogP contribution in [-0.2, 0) is 6.42 Å². The molecular formula is C15H15N3O3S2. The van der Waals surface area contributed by atoms with E-state index in [0.717, 1.165) is 30.0 Å². The van der Waals surface area contributed by atoms with Crippen molar-refractivity contribution in [1.82, 2.24) is 9.55 Å². The zero-order valence-corrected chi connectivity index (χ0v) is 14.2. The molecular weight excluding hydrogens is 334 g/mol. The van der Waals surface area contributed by atoms with Gasteiger partial charge in [0.1, 0.15) is 0 Å². The van der Waals surface area contributed by atoms with Crippen molar-refractivity contribution in [2.24, 2.45) is 0 Å². The third-order valence-electron chi connectivity index (χ3n) is 3.42. The highest BCUT2D eigenvalue weighted by Crippen LogP contribution is 2.30. The van der Waals surface area contributed by atoms with E-state index in [-0.39, 0.29) is 11.2 Å². The van der Waals surface area contributed by atoms with Gasteiger partial charge in [-0.3, -0.25) is 19.5 Å². The Hall–Kier alpha value is -1.80. The first-order chi connectivity index (χ1) is 11.1. The fraction of sp³-hybridized carbons (Fsp3) is 0.333. The van der Waals surface area contributed by atoms with Gasteiger partial charge in [0.25, 0.3) is 11.2 Å². The van der Waals surface area contributed by atoms with Crippen LogP contribution in [0, 0.1) is 10.1 Å². The van der Waals surface area contributed by atoms with Crippen LogP contribution in [-0.4, -0.2) is 26.0 Å². The molecule has 2 heterocycles. The van der Waals surface area contributed by atoms with Crippen LogP contribution in [0.1, 0.15) is 19.0 Å². The zero-order chi connectivity index (χ0) is 16.4. The molecule has 2 aromatic rings. The van der Waals surface area contributed by atoms with E-state index >= 15 is 0 Å². The van der Waals surface area contributed by atoms with Crippen molar-refractivity contribution >= 4 is 29.2 Å².